The van der Waals surface area contributed by atoms with Crippen LogP contribution in [-0.2, 0) is 6.42 Å². The Morgan fingerprint density at radius 3 is 2.58 bits per heavy atom. The Balaban J connectivity index is 2.98. The molecule has 0 aliphatic carbocycles. The van der Waals surface area contributed by atoms with Crippen LogP contribution in [0.2, 0.25) is 0 Å². The molecule has 0 radical (unpaired) electrons. The predicted molar refractivity (Wildman–Crippen MR) is 85.8 cm³/mol. The summed E-state index contributed by atoms with van der Waals surface area (Å²) in [5.41, 5.74) is 8.48. The van der Waals surface area contributed by atoms with Crippen molar-refractivity contribution < 1.29 is 4.74 Å². The number of rotatable bonds is 7. The fourth-order valence-electron chi connectivity index (χ4n) is 2.21. The fourth-order valence-corrected chi connectivity index (χ4v) is 2.83. The van der Waals surface area contributed by atoms with Crippen LogP contribution in [0, 0.1) is 6.92 Å². The van der Waals surface area contributed by atoms with Crippen molar-refractivity contribution in [3.05, 3.63) is 27.7 Å². The third kappa shape index (κ3) is 5.15. The van der Waals surface area contributed by atoms with Crippen LogP contribution in [0.4, 0.5) is 0 Å². The predicted octanol–water partition coefficient (Wildman–Crippen LogP) is 4.60. The van der Waals surface area contributed by atoms with Gasteiger partial charge in [0, 0.05) is 10.5 Å². The summed E-state index contributed by atoms with van der Waals surface area (Å²) in [7, 11) is 0. The molecule has 2 atom stereocenters. The Kier molecular flexibility index (Phi) is 6.87. The van der Waals surface area contributed by atoms with E-state index in [9.17, 15) is 0 Å². The molecule has 0 heterocycles. The van der Waals surface area contributed by atoms with E-state index >= 15 is 0 Å². The molecule has 0 aromatic heterocycles. The summed E-state index contributed by atoms with van der Waals surface area (Å²) in [6, 6.07) is 4.43. The van der Waals surface area contributed by atoms with Gasteiger partial charge in [0.2, 0.25) is 0 Å². The quantitative estimate of drug-likeness (QED) is 0.793. The van der Waals surface area contributed by atoms with Crippen LogP contribution in [0.5, 0.6) is 5.75 Å². The SMILES string of the molecule is CCCC(C)Oc1c(C)cc(Br)cc1CC(N)CC. The van der Waals surface area contributed by atoms with Crippen LogP contribution in [0.3, 0.4) is 0 Å². The highest BCUT2D eigenvalue weighted by molar-refractivity contribution is 9.10. The number of aryl methyl sites for hydroxylation is 1. The van der Waals surface area contributed by atoms with E-state index < -0.39 is 0 Å². The van der Waals surface area contributed by atoms with Gasteiger partial charge in [-0.25, -0.2) is 0 Å². The van der Waals surface area contributed by atoms with E-state index in [2.05, 4.69) is 55.8 Å². The molecule has 0 amide bonds. The van der Waals surface area contributed by atoms with Crippen molar-refractivity contribution in [2.45, 2.75) is 65.5 Å². The van der Waals surface area contributed by atoms with Gasteiger partial charge in [-0.05, 0) is 56.4 Å². The van der Waals surface area contributed by atoms with Gasteiger partial charge in [0.05, 0.1) is 6.10 Å². The molecule has 0 fully saturated rings. The first kappa shape index (κ1) is 16.5. The van der Waals surface area contributed by atoms with Crippen LogP contribution in [0.25, 0.3) is 0 Å². The van der Waals surface area contributed by atoms with Gasteiger partial charge in [0.25, 0.3) is 0 Å². The van der Waals surface area contributed by atoms with E-state index in [1.54, 1.807) is 0 Å². The van der Waals surface area contributed by atoms with E-state index in [0.29, 0.717) is 0 Å². The first-order valence-corrected chi connectivity index (χ1v) is 7.98. The van der Waals surface area contributed by atoms with E-state index in [4.69, 9.17) is 10.5 Å². The molecule has 0 spiro atoms. The Labute approximate surface area is 125 Å². The van der Waals surface area contributed by atoms with Gasteiger partial charge in [0.1, 0.15) is 5.75 Å². The van der Waals surface area contributed by atoms with Gasteiger partial charge in [-0.15, -0.1) is 0 Å². The van der Waals surface area contributed by atoms with Crippen molar-refractivity contribution >= 4 is 15.9 Å². The molecule has 108 valence electrons. The van der Waals surface area contributed by atoms with E-state index in [0.717, 1.165) is 35.9 Å². The highest BCUT2D eigenvalue weighted by atomic mass is 79.9. The molecule has 0 aliphatic rings. The fraction of sp³-hybridized carbons (Fsp3) is 0.625. The number of hydrogen-bond donors (Lipinski definition) is 1. The maximum atomic E-state index is 6.14. The summed E-state index contributed by atoms with van der Waals surface area (Å²) in [5.74, 6) is 1.02. The summed E-state index contributed by atoms with van der Waals surface area (Å²) >= 11 is 3.56. The molecule has 19 heavy (non-hydrogen) atoms. The number of hydrogen-bond acceptors (Lipinski definition) is 2. The molecule has 1 aromatic carbocycles. The summed E-state index contributed by atoms with van der Waals surface area (Å²) in [5, 5.41) is 0. The average Bonchev–Trinajstić information content (AvgIpc) is 2.33. The lowest BCUT2D eigenvalue weighted by Crippen LogP contribution is -2.22. The first-order chi connectivity index (χ1) is 8.97. The second kappa shape index (κ2) is 7.91. The van der Waals surface area contributed by atoms with Gasteiger partial charge >= 0.3 is 0 Å². The number of ether oxygens (including phenoxy) is 1. The zero-order valence-corrected chi connectivity index (χ0v) is 14.1. The highest BCUT2D eigenvalue weighted by Crippen LogP contribution is 2.30. The number of nitrogens with two attached hydrogens (primary N) is 1. The first-order valence-electron chi connectivity index (χ1n) is 7.19. The molecule has 1 rings (SSSR count). The minimum atomic E-state index is 0.192. The van der Waals surface area contributed by atoms with Crippen LogP contribution in [0.15, 0.2) is 16.6 Å². The van der Waals surface area contributed by atoms with E-state index in [1.807, 2.05) is 0 Å². The van der Waals surface area contributed by atoms with Crippen molar-refractivity contribution in [3.8, 4) is 5.75 Å². The third-order valence-electron chi connectivity index (χ3n) is 3.34. The van der Waals surface area contributed by atoms with Crippen LogP contribution in [-0.4, -0.2) is 12.1 Å². The summed E-state index contributed by atoms with van der Waals surface area (Å²) in [6.45, 7) is 8.53. The summed E-state index contributed by atoms with van der Waals surface area (Å²) < 4.78 is 7.24. The molecule has 2 N–H and O–H groups in total. The molecular weight excluding hydrogens is 302 g/mol. The van der Waals surface area contributed by atoms with Crippen molar-refractivity contribution in [2.75, 3.05) is 0 Å². The Bertz CT molecular complexity index is 406. The minimum absolute atomic E-state index is 0.192. The van der Waals surface area contributed by atoms with Crippen molar-refractivity contribution in [1.82, 2.24) is 0 Å². The molecule has 0 saturated heterocycles. The van der Waals surface area contributed by atoms with Crippen LogP contribution < -0.4 is 10.5 Å². The maximum Gasteiger partial charge on any atom is 0.125 e. The van der Waals surface area contributed by atoms with Gasteiger partial charge < -0.3 is 10.5 Å². The van der Waals surface area contributed by atoms with Gasteiger partial charge in [-0.1, -0.05) is 36.2 Å². The third-order valence-corrected chi connectivity index (χ3v) is 3.79. The molecule has 2 nitrogen and oxygen atoms in total. The molecule has 0 bridgehead atoms. The smallest absolute Gasteiger partial charge is 0.125 e. The summed E-state index contributed by atoms with van der Waals surface area (Å²) in [4.78, 5) is 0. The van der Waals surface area contributed by atoms with E-state index in [-0.39, 0.29) is 12.1 Å². The van der Waals surface area contributed by atoms with Gasteiger partial charge in [-0.3, -0.25) is 0 Å². The standard InChI is InChI=1S/C16H26BrNO/c1-5-7-12(4)19-16-11(3)8-14(17)9-13(16)10-15(18)6-2/h8-9,12,15H,5-7,10,18H2,1-4H3. The van der Waals surface area contributed by atoms with Gasteiger partial charge in [-0.2, -0.15) is 0 Å². The van der Waals surface area contributed by atoms with E-state index in [1.165, 1.54) is 11.1 Å². The lowest BCUT2D eigenvalue weighted by atomic mass is 10.0. The van der Waals surface area contributed by atoms with Crippen LogP contribution >= 0.6 is 15.9 Å². The normalized spacial score (nSPS) is 14.2. The lowest BCUT2D eigenvalue weighted by Gasteiger charge is -2.21. The number of benzene rings is 1. The monoisotopic (exact) mass is 327 g/mol. The maximum absolute atomic E-state index is 6.14. The second-order valence-electron chi connectivity index (χ2n) is 5.30. The molecule has 0 saturated carbocycles. The van der Waals surface area contributed by atoms with Gasteiger partial charge in [0.15, 0.2) is 0 Å². The Hall–Kier alpha value is -0.540. The van der Waals surface area contributed by atoms with Crippen LogP contribution in [0.1, 0.15) is 51.2 Å². The largest absolute Gasteiger partial charge is 0.490 e. The van der Waals surface area contributed by atoms with Crippen molar-refractivity contribution in [3.63, 3.8) is 0 Å². The second-order valence-corrected chi connectivity index (χ2v) is 6.22. The molecule has 3 heteroatoms. The zero-order valence-electron chi connectivity index (χ0n) is 12.5. The van der Waals surface area contributed by atoms with Crippen molar-refractivity contribution in [2.24, 2.45) is 5.73 Å². The van der Waals surface area contributed by atoms with Crippen molar-refractivity contribution in [1.29, 1.82) is 0 Å². The molecule has 1 aromatic rings. The molecular formula is C16H26BrNO. The topological polar surface area (TPSA) is 35.2 Å². The zero-order chi connectivity index (χ0) is 14.4. The Morgan fingerprint density at radius 1 is 1.32 bits per heavy atom. The number of halogens is 1. The molecule has 0 aliphatic heterocycles. The highest BCUT2D eigenvalue weighted by Gasteiger charge is 2.14. The minimum Gasteiger partial charge on any atom is -0.490 e. The molecule has 2 unspecified atom stereocenters. The summed E-state index contributed by atoms with van der Waals surface area (Å²) in [6.07, 6.45) is 4.32. The average molecular weight is 328 g/mol. The lowest BCUT2D eigenvalue weighted by molar-refractivity contribution is 0.206. The Morgan fingerprint density at radius 2 is 2.00 bits per heavy atom.